The Kier molecular flexibility index (Phi) is 7.91. The van der Waals surface area contributed by atoms with E-state index in [1.54, 1.807) is 11.6 Å². The highest BCUT2D eigenvalue weighted by Crippen LogP contribution is 2.27. The van der Waals surface area contributed by atoms with Gasteiger partial charge in [0.25, 0.3) is 11.6 Å². The van der Waals surface area contributed by atoms with Gasteiger partial charge in [0.2, 0.25) is 0 Å². The number of aromatic nitrogens is 4. The molecule has 0 radical (unpaired) electrons. The third kappa shape index (κ3) is 5.05. The van der Waals surface area contributed by atoms with Crippen molar-refractivity contribution in [1.82, 2.24) is 18.7 Å². The second kappa shape index (κ2) is 10.7. The highest BCUT2D eigenvalue weighted by Gasteiger charge is 2.25. The first-order valence-electron chi connectivity index (χ1n) is 10.6. The van der Waals surface area contributed by atoms with Gasteiger partial charge in [-0.2, -0.15) is 4.98 Å². The fourth-order valence-electron chi connectivity index (χ4n) is 4.05. The summed E-state index contributed by atoms with van der Waals surface area (Å²) in [5.41, 5.74) is 0.918. The lowest BCUT2D eigenvalue weighted by Crippen LogP contribution is -2.40. The molecule has 1 aliphatic carbocycles. The monoisotopic (exact) mass is 590 g/mol. The molecular formula is C21H25ClIN4O4P. The maximum atomic E-state index is 13.5. The minimum atomic E-state index is -0.386. The molecule has 0 bridgehead atoms. The molecule has 1 aromatic carbocycles. The van der Waals surface area contributed by atoms with Gasteiger partial charge in [-0.15, -0.1) is 0 Å². The summed E-state index contributed by atoms with van der Waals surface area (Å²) >= 11 is 8.19. The molecule has 0 aliphatic heterocycles. The van der Waals surface area contributed by atoms with E-state index < -0.39 is 0 Å². The van der Waals surface area contributed by atoms with Gasteiger partial charge in [0.05, 0.1) is 19.6 Å². The first-order chi connectivity index (χ1) is 15.5. The van der Waals surface area contributed by atoms with Crippen molar-refractivity contribution in [2.24, 2.45) is 7.05 Å². The van der Waals surface area contributed by atoms with Crippen LogP contribution < -0.4 is 16.0 Å². The van der Waals surface area contributed by atoms with E-state index in [9.17, 15) is 9.59 Å². The third-order valence-electron chi connectivity index (χ3n) is 5.71. The summed E-state index contributed by atoms with van der Waals surface area (Å²) < 4.78 is 16.1. The van der Waals surface area contributed by atoms with Crippen LogP contribution in [0.2, 0.25) is 5.02 Å². The largest absolute Gasteiger partial charge is 0.461 e. The van der Waals surface area contributed by atoms with Gasteiger partial charge < -0.3 is 9.26 Å². The van der Waals surface area contributed by atoms with E-state index in [4.69, 9.17) is 20.9 Å². The van der Waals surface area contributed by atoms with Crippen molar-refractivity contribution in [2.45, 2.75) is 51.3 Å². The first-order valence-corrected chi connectivity index (χ1v) is 15.0. The maximum Gasteiger partial charge on any atom is 0.332 e. The second-order valence-corrected chi connectivity index (χ2v) is 10.1. The van der Waals surface area contributed by atoms with E-state index in [2.05, 4.69) is 27.0 Å². The van der Waals surface area contributed by atoms with Crippen molar-refractivity contribution in [3.05, 3.63) is 55.7 Å². The zero-order valence-electron chi connectivity index (χ0n) is 17.7. The lowest BCUT2D eigenvalue weighted by atomic mass is 10.2. The second-order valence-electron chi connectivity index (χ2n) is 7.88. The third-order valence-corrected chi connectivity index (χ3v) is 7.21. The standard InChI is InChI=1S/C21H25ClIN4O4P/c1-25-18-17(19(28)26(21(25)29)11-4-12-30-32-23)27(13-14-7-9-15(22)10-8-14)20(24-18)31-16-5-2-3-6-16/h7-10,16,32H,2-6,11-13H2,1H3. The number of imidazole rings is 1. The maximum absolute atomic E-state index is 13.5. The lowest BCUT2D eigenvalue weighted by Gasteiger charge is -2.14. The molecule has 0 spiro atoms. The Morgan fingerprint density at radius 3 is 2.59 bits per heavy atom. The highest BCUT2D eigenvalue weighted by molar-refractivity contribution is 14.2. The summed E-state index contributed by atoms with van der Waals surface area (Å²) in [6, 6.07) is 7.83. The Balaban J connectivity index is 1.81. The van der Waals surface area contributed by atoms with Crippen molar-refractivity contribution in [3.63, 3.8) is 0 Å². The van der Waals surface area contributed by atoms with E-state index in [0.29, 0.717) is 48.2 Å². The molecule has 1 unspecified atom stereocenters. The Morgan fingerprint density at radius 2 is 1.91 bits per heavy atom. The summed E-state index contributed by atoms with van der Waals surface area (Å²) in [6.45, 7) is 1.52. The SMILES string of the molecule is Cn1c(=O)n(CCCOPI)c(=O)c2c1nc(OC1CCCC1)n2Cc1ccc(Cl)cc1. The van der Waals surface area contributed by atoms with Gasteiger partial charge in [-0.25, -0.2) is 4.79 Å². The number of fused-ring (bicyclic) bond motifs is 1. The van der Waals surface area contributed by atoms with Crippen LogP contribution >= 0.6 is 40.1 Å². The predicted molar refractivity (Wildman–Crippen MR) is 136 cm³/mol. The van der Waals surface area contributed by atoms with Gasteiger partial charge in [-0.3, -0.25) is 18.5 Å². The average molecular weight is 591 g/mol. The van der Waals surface area contributed by atoms with Gasteiger partial charge in [0, 0.05) is 18.6 Å². The van der Waals surface area contributed by atoms with Gasteiger partial charge in [0.15, 0.2) is 11.2 Å². The predicted octanol–water partition coefficient (Wildman–Crippen LogP) is 4.27. The van der Waals surface area contributed by atoms with E-state index in [0.717, 1.165) is 31.2 Å². The molecule has 2 aromatic heterocycles. The van der Waals surface area contributed by atoms with E-state index in [1.807, 2.05) is 24.3 Å². The summed E-state index contributed by atoms with van der Waals surface area (Å²) in [5.74, 6) is 0. The van der Waals surface area contributed by atoms with Crippen molar-refractivity contribution in [2.75, 3.05) is 6.61 Å². The number of ether oxygens (including phenoxy) is 1. The molecular weight excluding hydrogens is 566 g/mol. The quantitative estimate of drug-likeness (QED) is 0.211. The van der Waals surface area contributed by atoms with Crippen LogP contribution in [-0.4, -0.2) is 31.4 Å². The van der Waals surface area contributed by atoms with Crippen LogP contribution in [0.3, 0.4) is 0 Å². The highest BCUT2D eigenvalue weighted by atomic mass is 127. The van der Waals surface area contributed by atoms with Crippen molar-refractivity contribution in [3.8, 4) is 6.01 Å². The number of benzene rings is 1. The van der Waals surface area contributed by atoms with Crippen molar-refractivity contribution < 1.29 is 9.26 Å². The number of aryl methyl sites for hydroxylation is 1. The molecule has 32 heavy (non-hydrogen) atoms. The normalized spacial score (nSPS) is 14.8. The van der Waals surface area contributed by atoms with Crippen molar-refractivity contribution >= 4 is 51.3 Å². The van der Waals surface area contributed by atoms with E-state index in [-0.39, 0.29) is 23.9 Å². The zero-order chi connectivity index (χ0) is 22.7. The molecule has 2 heterocycles. The van der Waals surface area contributed by atoms with Crippen LogP contribution in [-0.2, 0) is 24.7 Å². The number of rotatable bonds is 9. The van der Waals surface area contributed by atoms with Gasteiger partial charge in [0.1, 0.15) is 6.10 Å². The first kappa shape index (κ1) is 23.7. The van der Waals surface area contributed by atoms with Gasteiger partial charge in [-0.05, 0) is 71.8 Å². The van der Waals surface area contributed by atoms with Gasteiger partial charge in [-0.1, -0.05) is 23.7 Å². The smallest absolute Gasteiger partial charge is 0.332 e. The summed E-state index contributed by atoms with van der Waals surface area (Å²) in [7, 11) is 1.64. The number of nitrogens with zero attached hydrogens (tertiary/aromatic N) is 4. The lowest BCUT2D eigenvalue weighted by molar-refractivity contribution is 0.186. The molecule has 0 N–H and O–H groups in total. The Hall–Kier alpha value is -1.42. The van der Waals surface area contributed by atoms with Crippen molar-refractivity contribution in [1.29, 1.82) is 0 Å². The topological polar surface area (TPSA) is 80.3 Å². The molecule has 8 nitrogen and oxygen atoms in total. The molecule has 1 saturated carbocycles. The van der Waals surface area contributed by atoms with Crippen LogP contribution in [0.15, 0.2) is 33.9 Å². The zero-order valence-corrected chi connectivity index (χ0v) is 21.6. The minimum absolute atomic E-state index is 0.0706. The van der Waals surface area contributed by atoms with Crippen LogP contribution in [0.25, 0.3) is 11.2 Å². The van der Waals surface area contributed by atoms with Gasteiger partial charge >= 0.3 is 5.69 Å². The number of hydrogen-bond acceptors (Lipinski definition) is 5. The van der Waals surface area contributed by atoms with Crippen LogP contribution in [0.4, 0.5) is 0 Å². The summed E-state index contributed by atoms with van der Waals surface area (Å²) in [6.07, 6.45) is 4.81. The van der Waals surface area contributed by atoms with E-state index >= 15 is 0 Å². The molecule has 3 aromatic rings. The fourth-order valence-corrected chi connectivity index (χ4v) is 5.05. The molecule has 4 rings (SSSR count). The minimum Gasteiger partial charge on any atom is -0.461 e. The number of halogens is 2. The molecule has 172 valence electrons. The Bertz CT molecular complexity index is 1200. The molecule has 11 heteroatoms. The average Bonchev–Trinajstić information content (AvgIpc) is 3.42. The van der Waals surface area contributed by atoms with Crippen LogP contribution in [0.5, 0.6) is 6.01 Å². The molecule has 0 amide bonds. The van der Waals surface area contributed by atoms with E-state index in [1.165, 1.54) is 9.13 Å². The van der Waals surface area contributed by atoms with Crippen LogP contribution in [0, 0.1) is 0 Å². The number of hydrogen-bond donors (Lipinski definition) is 0. The fraction of sp³-hybridized carbons (Fsp3) is 0.476. The Labute approximate surface area is 205 Å². The molecule has 1 atom stereocenters. The molecule has 1 fully saturated rings. The summed E-state index contributed by atoms with van der Waals surface area (Å²) in [5, 5.41) is 0.644. The Morgan fingerprint density at radius 1 is 1.19 bits per heavy atom. The van der Waals surface area contributed by atoms with Crippen LogP contribution in [0.1, 0.15) is 37.7 Å². The summed E-state index contributed by atoms with van der Waals surface area (Å²) in [4.78, 5) is 31.0. The molecule has 1 aliphatic rings. The molecule has 0 saturated heterocycles.